The van der Waals surface area contributed by atoms with Gasteiger partial charge >= 0.3 is 0 Å². The third-order valence-corrected chi connectivity index (χ3v) is 4.24. The average Bonchev–Trinajstić information content (AvgIpc) is 2.61. The molecule has 2 aromatic carbocycles. The molecule has 0 aliphatic rings. The molecule has 7 heteroatoms. The fourth-order valence-corrected chi connectivity index (χ4v) is 2.74. The first kappa shape index (κ1) is 17.8. The Kier molecular flexibility index (Phi) is 5.33. The Morgan fingerprint density at radius 1 is 0.960 bits per heavy atom. The summed E-state index contributed by atoms with van der Waals surface area (Å²) in [4.78, 5) is 16.4. The van der Waals surface area contributed by atoms with Crippen LogP contribution in [0.3, 0.4) is 0 Å². The number of halogens is 3. The van der Waals surface area contributed by atoms with Crippen LogP contribution in [-0.2, 0) is 0 Å². The number of aromatic nitrogens is 1. The minimum atomic E-state index is -1.76. The van der Waals surface area contributed by atoms with Crippen LogP contribution < -0.4 is 10.6 Å². The number of pyridine rings is 1. The lowest BCUT2D eigenvalue weighted by molar-refractivity contribution is 0.0937. The number of fused-ring (bicyclic) bond motifs is 1. The smallest absolute Gasteiger partial charge is 0.271 e. The Hall–Kier alpha value is -2.01. The molecule has 128 valence electrons. The summed E-state index contributed by atoms with van der Waals surface area (Å²) in [5, 5.41) is 7.77. The minimum Gasteiger partial charge on any atom is -0.361 e. The highest BCUT2D eigenvalue weighted by molar-refractivity contribution is 6.68. The predicted octanol–water partition coefficient (Wildman–Crippen LogP) is 4.77. The third-order valence-electron chi connectivity index (χ3n) is 3.59. The van der Waals surface area contributed by atoms with Gasteiger partial charge in [-0.05, 0) is 23.6 Å². The number of hydrogen-bond donors (Lipinski definition) is 2. The van der Waals surface area contributed by atoms with E-state index < -0.39 is 15.9 Å². The fourth-order valence-electron chi connectivity index (χ4n) is 2.41. The number of benzene rings is 2. The molecule has 4 nitrogen and oxygen atoms in total. The van der Waals surface area contributed by atoms with Crippen molar-refractivity contribution in [1.82, 2.24) is 10.3 Å². The molecule has 1 amide bonds. The normalized spacial score (nSPS) is 12.6. The van der Waals surface area contributed by atoms with Crippen LogP contribution in [0.5, 0.6) is 0 Å². The van der Waals surface area contributed by atoms with Gasteiger partial charge in [-0.15, -0.1) is 0 Å². The van der Waals surface area contributed by atoms with Crippen molar-refractivity contribution in [2.45, 2.75) is 9.96 Å². The molecule has 0 saturated carbocycles. The molecular formula is C18H14Cl3N3O. The fraction of sp³-hybridized carbons (Fsp3) is 0.111. The third kappa shape index (κ3) is 4.34. The number of alkyl halides is 3. The van der Waals surface area contributed by atoms with E-state index in [1.807, 2.05) is 42.5 Å². The van der Waals surface area contributed by atoms with Crippen LogP contribution in [0.2, 0.25) is 0 Å². The van der Waals surface area contributed by atoms with E-state index in [9.17, 15) is 4.79 Å². The summed E-state index contributed by atoms with van der Waals surface area (Å²) < 4.78 is -1.76. The first-order valence-corrected chi connectivity index (χ1v) is 8.61. The summed E-state index contributed by atoms with van der Waals surface area (Å²) in [6.07, 6.45) is 0.579. The largest absolute Gasteiger partial charge is 0.361 e. The molecular weight excluding hydrogens is 381 g/mol. The lowest BCUT2D eigenvalue weighted by Crippen LogP contribution is -2.49. The SMILES string of the molecule is O=C(NC(Nc1cccc2ccccc12)C(Cl)(Cl)Cl)c1ccccn1. The van der Waals surface area contributed by atoms with E-state index in [0.717, 1.165) is 16.5 Å². The van der Waals surface area contributed by atoms with Gasteiger partial charge in [-0.2, -0.15) is 0 Å². The Labute approximate surface area is 160 Å². The predicted molar refractivity (Wildman–Crippen MR) is 103 cm³/mol. The van der Waals surface area contributed by atoms with Crippen molar-refractivity contribution in [3.63, 3.8) is 0 Å². The van der Waals surface area contributed by atoms with Crippen molar-refractivity contribution in [3.05, 3.63) is 72.6 Å². The van der Waals surface area contributed by atoms with Gasteiger partial charge < -0.3 is 10.6 Å². The molecule has 1 unspecified atom stereocenters. The highest BCUT2D eigenvalue weighted by Crippen LogP contribution is 2.33. The number of carbonyl (C=O) groups is 1. The summed E-state index contributed by atoms with van der Waals surface area (Å²) >= 11 is 18.2. The molecule has 1 aromatic heterocycles. The second-order valence-electron chi connectivity index (χ2n) is 5.33. The summed E-state index contributed by atoms with van der Waals surface area (Å²) in [6, 6.07) is 18.6. The first-order chi connectivity index (χ1) is 11.9. The highest BCUT2D eigenvalue weighted by Gasteiger charge is 2.34. The van der Waals surface area contributed by atoms with Crippen LogP contribution in [0.4, 0.5) is 5.69 Å². The second-order valence-corrected chi connectivity index (χ2v) is 7.70. The van der Waals surface area contributed by atoms with Gasteiger partial charge in [0.25, 0.3) is 5.91 Å². The molecule has 0 spiro atoms. The van der Waals surface area contributed by atoms with E-state index in [2.05, 4.69) is 15.6 Å². The monoisotopic (exact) mass is 393 g/mol. The topological polar surface area (TPSA) is 54.0 Å². The number of rotatable bonds is 4. The zero-order valence-corrected chi connectivity index (χ0v) is 15.2. The van der Waals surface area contributed by atoms with E-state index in [4.69, 9.17) is 34.8 Å². The summed E-state index contributed by atoms with van der Waals surface area (Å²) in [6.45, 7) is 0. The van der Waals surface area contributed by atoms with E-state index in [1.165, 1.54) is 6.20 Å². The van der Waals surface area contributed by atoms with Crippen molar-refractivity contribution in [1.29, 1.82) is 0 Å². The van der Waals surface area contributed by atoms with E-state index >= 15 is 0 Å². The Bertz CT molecular complexity index is 876. The molecule has 3 rings (SSSR count). The van der Waals surface area contributed by atoms with E-state index in [1.54, 1.807) is 18.2 Å². The zero-order chi connectivity index (χ0) is 17.9. The van der Waals surface area contributed by atoms with Gasteiger partial charge in [-0.1, -0.05) is 77.3 Å². The number of carbonyl (C=O) groups excluding carboxylic acids is 1. The maximum atomic E-state index is 12.4. The van der Waals surface area contributed by atoms with Gasteiger partial charge in [0.05, 0.1) is 0 Å². The Balaban J connectivity index is 1.88. The molecule has 0 fully saturated rings. The van der Waals surface area contributed by atoms with Crippen molar-refractivity contribution in [2.75, 3.05) is 5.32 Å². The molecule has 0 aliphatic heterocycles. The van der Waals surface area contributed by atoms with Crippen molar-refractivity contribution < 1.29 is 4.79 Å². The molecule has 0 radical (unpaired) electrons. The summed E-state index contributed by atoms with van der Waals surface area (Å²) in [7, 11) is 0. The molecule has 0 bridgehead atoms. The van der Waals surface area contributed by atoms with Gasteiger partial charge in [0, 0.05) is 17.3 Å². The van der Waals surface area contributed by atoms with Crippen molar-refractivity contribution in [2.24, 2.45) is 0 Å². The van der Waals surface area contributed by atoms with Crippen LogP contribution >= 0.6 is 34.8 Å². The zero-order valence-electron chi connectivity index (χ0n) is 12.9. The van der Waals surface area contributed by atoms with Crippen LogP contribution in [-0.4, -0.2) is 20.8 Å². The molecule has 1 atom stereocenters. The number of anilines is 1. The van der Waals surface area contributed by atoms with Gasteiger partial charge in [-0.3, -0.25) is 9.78 Å². The average molecular weight is 395 g/mol. The standard InChI is InChI=1S/C18H14Cl3N3O/c19-18(20,21)17(24-16(25)15-9-3-4-11-22-15)23-14-10-5-7-12-6-1-2-8-13(12)14/h1-11,17,23H,(H,24,25). The molecule has 0 saturated heterocycles. The molecule has 3 aromatic rings. The molecule has 2 N–H and O–H groups in total. The lowest BCUT2D eigenvalue weighted by atomic mass is 10.1. The van der Waals surface area contributed by atoms with E-state index in [-0.39, 0.29) is 5.69 Å². The van der Waals surface area contributed by atoms with Gasteiger partial charge in [0.2, 0.25) is 3.79 Å². The van der Waals surface area contributed by atoms with Crippen molar-refractivity contribution in [3.8, 4) is 0 Å². The minimum absolute atomic E-state index is 0.237. The quantitative estimate of drug-likeness (QED) is 0.495. The maximum absolute atomic E-state index is 12.4. The number of nitrogens with one attached hydrogen (secondary N) is 2. The van der Waals surface area contributed by atoms with E-state index in [0.29, 0.717) is 0 Å². The van der Waals surface area contributed by atoms with Gasteiger partial charge in [0.1, 0.15) is 11.9 Å². The van der Waals surface area contributed by atoms with Crippen LogP contribution in [0, 0.1) is 0 Å². The molecule has 25 heavy (non-hydrogen) atoms. The highest BCUT2D eigenvalue weighted by atomic mass is 35.6. The lowest BCUT2D eigenvalue weighted by Gasteiger charge is -2.27. The second kappa shape index (κ2) is 7.48. The van der Waals surface area contributed by atoms with Gasteiger partial charge in [-0.25, -0.2) is 0 Å². The van der Waals surface area contributed by atoms with Crippen molar-refractivity contribution >= 4 is 57.2 Å². The van der Waals surface area contributed by atoms with Crippen LogP contribution in [0.25, 0.3) is 10.8 Å². The first-order valence-electron chi connectivity index (χ1n) is 7.48. The molecule has 1 heterocycles. The number of nitrogens with zero attached hydrogens (tertiary/aromatic N) is 1. The van der Waals surface area contributed by atoms with Crippen LogP contribution in [0.1, 0.15) is 10.5 Å². The van der Waals surface area contributed by atoms with Gasteiger partial charge in [0.15, 0.2) is 0 Å². The Morgan fingerprint density at radius 3 is 2.40 bits per heavy atom. The molecule has 0 aliphatic carbocycles. The van der Waals surface area contributed by atoms with Crippen LogP contribution in [0.15, 0.2) is 66.9 Å². The maximum Gasteiger partial charge on any atom is 0.271 e. The summed E-state index contributed by atoms with van der Waals surface area (Å²) in [5.41, 5.74) is 0.984. The summed E-state index contributed by atoms with van der Waals surface area (Å²) in [5.74, 6) is -0.440. The number of amides is 1. The number of hydrogen-bond acceptors (Lipinski definition) is 3. The Morgan fingerprint density at radius 2 is 1.68 bits per heavy atom.